The Morgan fingerprint density at radius 3 is 2.56 bits per heavy atom. The molecule has 1 atom stereocenters. The average molecular weight is 334 g/mol. The minimum absolute atomic E-state index is 0.0408. The number of halogens is 1. The van der Waals surface area contributed by atoms with Crippen molar-refractivity contribution in [3.63, 3.8) is 0 Å². The van der Waals surface area contributed by atoms with Gasteiger partial charge in [-0.25, -0.2) is 4.39 Å². The first-order valence-corrected chi connectivity index (χ1v) is 8.03. The first kappa shape index (κ1) is 16.9. The lowest BCUT2D eigenvalue weighted by Crippen LogP contribution is -2.27. The third-order valence-electron chi connectivity index (χ3n) is 4.25. The Morgan fingerprint density at radius 1 is 1.16 bits per heavy atom. The van der Waals surface area contributed by atoms with Crippen LogP contribution in [0.15, 0.2) is 54.7 Å². The fourth-order valence-electron chi connectivity index (χ4n) is 2.90. The largest absolute Gasteiger partial charge is 0.381 e. The molecule has 4 nitrogen and oxygen atoms in total. The van der Waals surface area contributed by atoms with Gasteiger partial charge in [0.25, 0.3) is 0 Å². The summed E-state index contributed by atoms with van der Waals surface area (Å²) >= 11 is 0. The number of nitrogens with one attached hydrogen (secondary N) is 1. The van der Waals surface area contributed by atoms with Gasteiger partial charge >= 0.3 is 0 Å². The first-order valence-electron chi connectivity index (χ1n) is 8.03. The molecule has 3 aromatic rings. The van der Waals surface area contributed by atoms with Gasteiger partial charge in [0.2, 0.25) is 0 Å². The summed E-state index contributed by atoms with van der Waals surface area (Å²) < 4.78 is 13.2. The fourth-order valence-corrected chi connectivity index (χ4v) is 2.90. The second-order valence-electron chi connectivity index (χ2n) is 6.09. The van der Waals surface area contributed by atoms with Crippen LogP contribution in [0.4, 0.5) is 10.1 Å². The molecule has 0 spiro atoms. The van der Waals surface area contributed by atoms with E-state index in [0.717, 1.165) is 22.2 Å². The van der Waals surface area contributed by atoms with Gasteiger partial charge in [-0.15, -0.1) is 0 Å². The van der Waals surface area contributed by atoms with Crippen molar-refractivity contribution in [2.45, 2.75) is 6.04 Å². The number of pyridine rings is 1. The van der Waals surface area contributed by atoms with E-state index in [1.807, 2.05) is 38.4 Å². The highest BCUT2D eigenvalue weighted by atomic mass is 19.1. The van der Waals surface area contributed by atoms with E-state index >= 15 is 0 Å². The van der Waals surface area contributed by atoms with Gasteiger partial charge in [0.15, 0.2) is 0 Å². The van der Waals surface area contributed by atoms with Gasteiger partial charge in [0.05, 0.1) is 22.8 Å². The van der Waals surface area contributed by atoms with Crippen molar-refractivity contribution in [1.29, 1.82) is 5.26 Å². The third kappa shape index (κ3) is 3.59. The Kier molecular flexibility index (Phi) is 4.92. The molecule has 0 saturated heterocycles. The summed E-state index contributed by atoms with van der Waals surface area (Å²) in [6, 6.07) is 16.5. The highest BCUT2D eigenvalue weighted by Crippen LogP contribution is 2.27. The van der Waals surface area contributed by atoms with Crippen LogP contribution in [0.3, 0.4) is 0 Å². The van der Waals surface area contributed by atoms with Crippen molar-refractivity contribution in [2.75, 3.05) is 26.0 Å². The number of likely N-dealkylation sites (N-methyl/N-ethyl adjacent to an activating group) is 1. The molecule has 5 heteroatoms. The van der Waals surface area contributed by atoms with Crippen molar-refractivity contribution < 1.29 is 4.39 Å². The molecule has 0 saturated carbocycles. The Morgan fingerprint density at radius 2 is 1.88 bits per heavy atom. The number of rotatable bonds is 5. The number of benzene rings is 2. The molecule has 0 amide bonds. The topological polar surface area (TPSA) is 52.0 Å². The van der Waals surface area contributed by atoms with Gasteiger partial charge in [-0.3, -0.25) is 4.98 Å². The molecular weight excluding hydrogens is 315 g/mol. The zero-order valence-electron chi connectivity index (χ0n) is 14.2. The molecule has 25 heavy (non-hydrogen) atoms. The van der Waals surface area contributed by atoms with Gasteiger partial charge in [0, 0.05) is 18.1 Å². The molecule has 0 aliphatic heterocycles. The zero-order chi connectivity index (χ0) is 17.8. The predicted molar refractivity (Wildman–Crippen MR) is 97.8 cm³/mol. The second-order valence-corrected chi connectivity index (χ2v) is 6.09. The van der Waals surface area contributed by atoms with Gasteiger partial charge < -0.3 is 10.2 Å². The number of hydrogen-bond donors (Lipinski definition) is 1. The molecule has 3 rings (SSSR count). The van der Waals surface area contributed by atoms with E-state index in [0.29, 0.717) is 12.1 Å². The van der Waals surface area contributed by atoms with Crippen molar-refractivity contribution >= 4 is 16.6 Å². The van der Waals surface area contributed by atoms with Gasteiger partial charge in [-0.2, -0.15) is 5.26 Å². The maximum atomic E-state index is 13.2. The summed E-state index contributed by atoms with van der Waals surface area (Å²) in [7, 11) is 3.96. The van der Waals surface area contributed by atoms with E-state index < -0.39 is 0 Å². The first-order chi connectivity index (χ1) is 12.1. The van der Waals surface area contributed by atoms with Crippen LogP contribution < -0.4 is 5.32 Å². The van der Waals surface area contributed by atoms with Crippen molar-refractivity contribution in [3.05, 3.63) is 71.7 Å². The summed E-state index contributed by atoms with van der Waals surface area (Å²) in [5.74, 6) is -0.249. The molecule has 2 aromatic carbocycles. The SMILES string of the molecule is CN(C)C(CNc1c(C#N)cnc2ccccc12)c1ccc(F)cc1. The van der Waals surface area contributed by atoms with E-state index in [1.54, 1.807) is 18.3 Å². The molecule has 1 N–H and O–H groups in total. The lowest BCUT2D eigenvalue weighted by atomic mass is 10.0. The summed E-state index contributed by atoms with van der Waals surface area (Å²) in [6.45, 7) is 0.585. The van der Waals surface area contributed by atoms with Crippen LogP contribution in [-0.4, -0.2) is 30.5 Å². The van der Waals surface area contributed by atoms with E-state index in [4.69, 9.17) is 0 Å². The van der Waals surface area contributed by atoms with Crippen LogP contribution in [-0.2, 0) is 0 Å². The monoisotopic (exact) mass is 334 g/mol. The van der Waals surface area contributed by atoms with Gasteiger partial charge in [0.1, 0.15) is 11.9 Å². The fraction of sp³-hybridized carbons (Fsp3) is 0.200. The minimum atomic E-state index is -0.249. The smallest absolute Gasteiger partial charge is 0.123 e. The molecule has 1 unspecified atom stereocenters. The minimum Gasteiger partial charge on any atom is -0.381 e. The maximum absolute atomic E-state index is 13.2. The van der Waals surface area contributed by atoms with Crippen LogP contribution in [0.25, 0.3) is 10.9 Å². The Hall–Kier alpha value is -2.97. The third-order valence-corrected chi connectivity index (χ3v) is 4.25. The van der Waals surface area contributed by atoms with Crippen LogP contribution in [0.5, 0.6) is 0 Å². The lowest BCUT2D eigenvalue weighted by molar-refractivity contribution is 0.311. The predicted octanol–water partition coefficient (Wildman–Crippen LogP) is 3.96. The van der Waals surface area contributed by atoms with Crippen LogP contribution >= 0.6 is 0 Å². The van der Waals surface area contributed by atoms with Gasteiger partial charge in [-0.05, 0) is 37.9 Å². The number of hydrogen-bond acceptors (Lipinski definition) is 4. The van der Waals surface area contributed by atoms with E-state index in [9.17, 15) is 9.65 Å². The average Bonchev–Trinajstić information content (AvgIpc) is 2.63. The Bertz CT molecular complexity index is 913. The quantitative estimate of drug-likeness (QED) is 0.767. The number of anilines is 1. The zero-order valence-corrected chi connectivity index (χ0v) is 14.2. The normalized spacial score (nSPS) is 12.1. The number of para-hydroxylation sites is 1. The molecule has 126 valence electrons. The lowest BCUT2D eigenvalue weighted by Gasteiger charge is -2.26. The molecule has 1 aromatic heterocycles. The number of nitrogens with zero attached hydrogens (tertiary/aromatic N) is 3. The van der Waals surface area contributed by atoms with Crippen molar-refractivity contribution in [2.24, 2.45) is 0 Å². The van der Waals surface area contributed by atoms with E-state index in [-0.39, 0.29) is 11.9 Å². The molecule has 0 bridgehead atoms. The standard InChI is InChI=1S/C20H19FN4/c1-25(2)19(14-7-9-16(21)10-8-14)13-24-20-15(11-22)12-23-18-6-4-3-5-17(18)20/h3-10,12,19H,13H2,1-2H3,(H,23,24). The molecule has 0 aliphatic rings. The van der Waals surface area contributed by atoms with E-state index in [1.165, 1.54) is 12.1 Å². The van der Waals surface area contributed by atoms with Crippen molar-refractivity contribution in [1.82, 2.24) is 9.88 Å². The highest BCUT2D eigenvalue weighted by molar-refractivity contribution is 5.93. The van der Waals surface area contributed by atoms with Crippen LogP contribution in [0, 0.1) is 17.1 Å². The highest BCUT2D eigenvalue weighted by Gasteiger charge is 2.16. The van der Waals surface area contributed by atoms with E-state index in [2.05, 4.69) is 21.3 Å². The summed E-state index contributed by atoms with van der Waals surface area (Å²) in [6.07, 6.45) is 1.59. The molecule has 0 radical (unpaired) electrons. The van der Waals surface area contributed by atoms with Crippen LogP contribution in [0.2, 0.25) is 0 Å². The maximum Gasteiger partial charge on any atom is 0.123 e. The Labute approximate surface area is 146 Å². The second kappa shape index (κ2) is 7.29. The summed E-state index contributed by atoms with van der Waals surface area (Å²) in [5.41, 5.74) is 3.14. The molecule has 0 aliphatic carbocycles. The summed E-state index contributed by atoms with van der Waals surface area (Å²) in [4.78, 5) is 6.39. The Balaban J connectivity index is 1.92. The van der Waals surface area contributed by atoms with Gasteiger partial charge in [-0.1, -0.05) is 30.3 Å². The summed E-state index contributed by atoms with van der Waals surface area (Å²) in [5, 5.41) is 13.7. The van der Waals surface area contributed by atoms with Crippen molar-refractivity contribution in [3.8, 4) is 6.07 Å². The number of fused-ring (bicyclic) bond motifs is 1. The number of aromatic nitrogens is 1. The molecular formula is C20H19FN4. The molecule has 1 heterocycles. The van der Waals surface area contributed by atoms with Crippen LogP contribution in [0.1, 0.15) is 17.2 Å². The number of nitriles is 1. The molecule has 0 fully saturated rings.